The summed E-state index contributed by atoms with van der Waals surface area (Å²) in [5.41, 5.74) is 1.57. The average Bonchev–Trinajstić information content (AvgIpc) is 2.28. The summed E-state index contributed by atoms with van der Waals surface area (Å²) in [6, 6.07) is 5.29. The lowest BCUT2D eigenvalue weighted by atomic mass is 10.3. The van der Waals surface area contributed by atoms with Crippen LogP contribution in [0.3, 0.4) is 0 Å². The first kappa shape index (κ1) is 10.7. The van der Waals surface area contributed by atoms with Crippen LogP contribution in [0.2, 0.25) is 0 Å². The molecule has 0 aliphatic carbocycles. The van der Waals surface area contributed by atoms with E-state index < -0.39 is 0 Å². The van der Waals surface area contributed by atoms with Crippen LogP contribution < -0.4 is 4.74 Å². The molecule has 0 aliphatic rings. The molecule has 0 spiro atoms. The Morgan fingerprint density at radius 2 is 2.12 bits per heavy atom. The minimum Gasteiger partial charge on any atom is -0.480 e. The molecule has 82 valence electrons. The summed E-state index contributed by atoms with van der Waals surface area (Å²) in [5, 5.41) is 7.85. The van der Waals surface area contributed by atoms with E-state index in [4.69, 9.17) is 17.0 Å². The molecule has 0 bridgehead atoms. The average molecular weight is 234 g/mol. The predicted molar refractivity (Wildman–Crippen MR) is 61.7 cm³/mol. The van der Waals surface area contributed by atoms with Gasteiger partial charge in [-0.3, -0.25) is 0 Å². The highest BCUT2D eigenvalue weighted by atomic mass is 32.1. The maximum atomic E-state index is 5.03. The summed E-state index contributed by atoms with van der Waals surface area (Å²) >= 11 is 5.03. The van der Waals surface area contributed by atoms with Gasteiger partial charge in [-0.2, -0.15) is 0 Å². The summed E-state index contributed by atoms with van der Waals surface area (Å²) in [6.45, 7) is 1.91. The van der Waals surface area contributed by atoms with Gasteiger partial charge in [0.2, 0.25) is 5.88 Å². The summed E-state index contributed by atoms with van der Waals surface area (Å²) in [7, 11) is 1.54. The second kappa shape index (κ2) is 4.36. The highest BCUT2D eigenvalue weighted by molar-refractivity contribution is 7.71. The van der Waals surface area contributed by atoms with Crippen molar-refractivity contribution in [2.24, 2.45) is 0 Å². The first-order valence-corrected chi connectivity index (χ1v) is 5.06. The van der Waals surface area contributed by atoms with Crippen molar-refractivity contribution in [2.45, 2.75) is 6.92 Å². The third kappa shape index (κ3) is 2.22. The van der Waals surface area contributed by atoms with Gasteiger partial charge in [-0.25, -0.2) is 4.98 Å². The molecule has 0 atom stereocenters. The molecule has 2 heterocycles. The van der Waals surface area contributed by atoms with Gasteiger partial charge in [-0.05, 0) is 19.1 Å². The molecule has 2 aromatic heterocycles. The van der Waals surface area contributed by atoms with Crippen LogP contribution in [0.25, 0.3) is 11.5 Å². The van der Waals surface area contributed by atoms with E-state index in [1.165, 1.54) is 0 Å². The van der Waals surface area contributed by atoms with E-state index >= 15 is 0 Å². The third-order valence-corrected chi connectivity index (χ3v) is 2.18. The third-order valence-electron chi connectivity index (χ3n) is 1.97. The van der Waals surface area contributed by atoms with E-state index in [0.717, 1.165) is 5.69 Å². The van der Waals surface area contributed by atoms with E-state index in [9.17, 15) is 0 Å². The Morgan fingerprint density at radius 1 is 1.31 bits per heavy atom. The number of aromatic amines is 1. The zero-order valence-electron chi connectivity index (χ0n) is 8.89. The number of nitrogens with one attached hydrogen (secondary N) is 1. The Hall–Kier alpha value is -1.82. The molecule has 16 heavy (non-hydrogen) atoms. The Kier molecular flexibility index (Phi) is 2.91. The van der Waals surface area contributed by atoms with E-state index in [-0.39, 0.29) is 0 Å². The normalized spacial score (nSPS) is 10.1. The van der Waals surface area contributed by atoms with Crippen LogP contribution in [-0.4, -0.2) is 27.3 Å². The molecule has 0 radical (unpaired) electrons. The van der Waals surface area contributed by atoms with Crippen LogP contribution in [0.4, 0.5) is 0 Å². The molecule has 0 saturated heterocycles. The van der Waals surface area contributed by atoms with Crippen LogP contribution in [0.1, 0.15) is 5.69 Å². The molecule has 0 aliphatic heterocycles. The summed E-state index contributed by atoms with van der Waals surface area (Å²) < 4.78 is 5.46. The smallest absolute Gasteiger partial charge is 0.233 e. The highest BCUT2D eigenvalue weighted by Gasteiger charge is 2.03. The van der Waals surface area contributed by atoms with Gasteiger partial charge in [0.25, 0.3) is 0 Å². The second-order valence-electron chi connectivity index (χ2n) is 3.21. The standard InChI is InChI=1S/C10H10N4OS/c1-6-5-9(16)12-10(11-6)7-3-4-8(15-2)14-13-7/h3-5H,1-2H3,(H,11,12,16). The first-order chi connectivity index (χ1) is 7.69. The largest absolute Gasteiger partial charge is 0.480 e. The van der Waals surface area contributed by atoms with Gasteiger partial charge in [0.1, 0.15) is 10.3 Å². The highest BCUT2D eigenvalue weighted by Crippen LogP contribution is 2.13. The van der Waals surface area contributed by atoms with Gasteiger partial charge in [-0.1, -0.05) is 12.2 Å². The summed E-state index contributed by atoms with van der Waals surface area (Å²) in [5.74, 6) is 1.08. The zero-order valence-corrected chi connectivity index (χ0v) is 9.71. The number of nitrogens with zero attached hydrogens (tertiary/aromatic N) is 3. The number of H-pyrrole nitrogens is 1. The minimum absolute atomic E-state index is 0.468. The SMILES string of the molecule is COc1ccc(-c2nc(=S)cc(C)[nH]2)nn1. The fourth-order valence-corrected chi connectivity index (χ4v) is 1.52. The van der Waals surface area contributed by atoms with Gasteiger partial charge in [0.15, 0.2) is 5.82 Å². The molecule has 6 heteroatoms. The van der Waals surface area contributed by atoms with E-state index in [1.807, 2.05) is 6.92 Å². The molecule has 0 amide bonds. The predicted octanol–water partition coefficient (Wildman–Crippen LogP) is 1.91. The van der Waals surface area contributed by atoms with Gasteiger partial charge in [0.05, 0.1) is 7.11 Å². The van der Waals surface area contributed by atoms with Crippen LogP contribution in [-0.2, 0) is 0 Å². The molecule has 2 aromatic rings. The maximum Gasteiger partial charge on any atom is 0.233 e. The Morgan fingerprint density at radius 3 is 2.69 bits per heavy atom. The number of methoxy groups -OCH3 is 1. The molecular formula is C10H10N4OS. The van der Waals surface area contributed by atoms with Crippen LogP contribution in [0.15, 0.2) is 18.2 Å². The van der Waals surface area contributed by atoms with Gasteiger partial charge < -0.3 is 9.72 Å². The van der Waals surface area contributed by atoms with E-state index in [1.54, 1.807) is 25.3 Å². The molecule has 5 nitrogen and oxygen atoms in total. The van der Waals surface area contributed by atoms with Crippen molar-refractivity contribution in [1.29, 1.82) is 0 Å². The minimum atomic E-state index is 0.468. The molecular weight excluding hydrogens is 224 g/mol. The van der Waals surface area contributed by atoms with Crippen molar-refractivity contribution in [3.05, 3.63) is 28.5 Å². The Balaban J connectivity index is 2.46. The van der Waals surface area contributed by atoms with Crippen molar-refractivity contribution in [3.8, 4) is 17.4 Å². The number of hydrogen-bond acceptors (Lipinski definition) is 5. The quantitative estimate of drug-likeness (QED) is 0.804. The Bertz CT molecular complexity index is 549. The van der Waals surface area contributed by atoms with Crippen molar-refractivity contribution >= 4 is 12.2 Å². The molecule has 0 saturated carbocycles. The van der Waals surface area contributed by atoms with Gasteiger partial charge in [0, 0.05) is 11.8 Å². The van der Waals surface area contributed by atoms with Crippen LogP contribution in [0, 0.1) is 11.6 Å². The number of ether oxygens (including phenoxy) is 1. The van der Waals surface area contributed by atoms with Crippen molar-refractivity contribution in [2.75, 3.05) is 7.11 Å². The van der Waals surface area contributed by atoms with Crippen molar-refractivity contribution in [3.63, 3.8) is 0 Å². The van der Waals surface area contributed by atoms with Crippen LogP contribution >= 0.6 is 12.2 Å². The first-order valence-electron chi connectivity index (χ1n) is 4.65. The fourth-order valence-electron chi connectivity index (χ4n) is 1.25. The maximum absolute atomic E-state index is 5.03. The number of aryl methyl sites for hydroxylation is 1. The van der Waals surface area contributed by atoms with Gasteiger partial charge >= 0.3 is 0 Å². The van der Waals surface area contributed by atoms with Crippen molar-refractivity contribution < 1.29 is 4.74 Å². The monoisotopic (exact) mass is 234 g/mol. The zero-order chi connectivity index (χ0) is 11.5. The van der Waals surface area contributed by atoms with Crippen molar-refractivity contribution in [1.82, 2.24) is 20.2 Å². The topological polar surface area (TPSA) is 63.7 Å². The second-order valence-corrected chi connectivity index (χ2v) is 3.63. The molecule has 2 rings (SSSR count). The lowest BCUT2D eigenvalue weighted by Gasteiger charge is -2.02. The molecule has 0 aromatic carbocycles. The molecule has 0 fully saturated rings. The van der Waals surface area contributed by atoms with Gasteiger partial charge in [-0.15, -0.1) is 10.2 Å². The molecule has 1 N–H and O–H groups in total. The lowest BCUT2D eigenvalue weighted by molar-refractivity contribution is 0.392. The van der Waals surface area contributed by atoms with Crippen LogP contribution in [0.5, 0.6) is 5.88 Å². The Labute approximate surface area is 97.5 Å². The molecule has 0 unspecified atom stereocenters. The fraction of sp³-hybridized carbons (Fsp3) is 0.200. The number of hydrogen-bond donors (Lipinski definition) is 1. The summed E-state index contributed by atoms with van der Waals surface area (Å²) in [4.78, 5) is 7.26. The van der Waals surface area contributed by atoms with E-state index in [2.05, 4.69) is 20.2 Å². The lowest BCUT2D eigenvalue weighted by Crippen LogP contribution is -1.97. The number of rotatable bonds is 2. The summed E-state index contributed by atoms with van der Waals surface area (Å²) in [6.07, 6.45) is 0. The van der Waals surface area contributed by atoms with E-state index in [0.29, 0.717) is 22.0 Å². The number of aromatic nitrogens is 4.